The van der Waals surface area contributed by atoms with Gasteiger partial charge in [-0.1, -0.05) is 23.7 Å². The normalized spacial score (nSPS) is 11.7. The lowest BCUT2D eigenvalue weighted by Crippen LogP contribution is -2.18. The first-order valence-corrected chi connectivity index (χ1v) is 9.04. The number of hydrazone groups is 1. The lowest BCUT2D eigenvalue weighted by molar-refractivity contribution is 0.584. The predicted octanol–water partition coefficient (Wildman–Crippen LogP) is 3.37. The van der Waals surface area contributed by atoms with Gasteiger partial charge < -0.3 is 0 Å². The van der Waals surface area contributed by atoms with Crippen molar-refractivity contribution in [3.05, 3.63) is 59.1 Å². The molecule has 110 valence electrons. The van der Waals surface area contributed by atoms with Gasteiger partial charge in [-0.25, -0.2) is 4.83 Å². The third-order valence-corrected chi connectivity index (χ3v) is 4.86. The Bertz CT molecular complexity index is 727. The molecule has 2 aromatic carbocycles. The van der Waals surface area contributed by atoms with Gasteiger partial charge >= 0.3 is 0 Å². The number of nitrogens with one attached hydrogen (secondary N) is 1. The summed E-state index contributed by atoms with van der Waals surface area (Å²) in [7, 11) is -3.67. The van der Waals surface area contributed by atoms with Crippen molar-refractivity contribution in [1.82, 2.24) is 4.83 Å². The maximum Gasteiger partial charge on any atom is 0.276 e. The van der Waals surface area contributed by atoms with E-state index in [1.54, 1.807) is 11.8 Å². The third kappa shape index (κ3) is 4.49. The Balaban J connectivity index is 2.06. The van der Waals surface area contributed by atoms with E-state index in [9.17, 15) is 8.42 Å². The van der Waals surface area contributed by atoms with Gasteiger partial charge in [0.25, 0.3) is 10.0 Å². The average Bonchev–Trinajstić information content (AvgIpc) is 2.48. The molecule has 0 aliphatic heterocycles. The molecule has 0 spiro atoms. The van der Waals surface area contributed by atoms with Crippen molar-refractivity contribution in [2.45, 2.75) is 9.79 Å². The van der Waals surface area contributed by atoms with Gasteiger partial charge in [0.15, 0.2) is 0 Å². The van der Waals surface area contributed by atoms with Crippen molar-refractivity contribution in [3.8, 4) is 0 Å². The van der Waals surface area contributed by atoms with Gasteiger partial charge in [0.05, 0.1) is 11.1 Å². The fraction of sp³-hybridized carbons (Fsp3) is 0.0714. The largest absolute Gasteiger partial charge is 0.276 e. The van der Waals surface area contributed by atoms with Gasteiger partial charge in [0.2, 0.25) is 0 Å². The fourth-order valence-electron chi connectivity index (χ4n) is 1.53. The van der Waals surface area contributed by atoms with Crippen LogP contribution in [0.2, 0.25) is 5.02 Å². The molecule has 0 aromatic heterocycles. The van der Waals surface area contributed by atoms with E-state index in [-0.39, 0.29) is 4.90 Å². The van der Waals surface area contributed by atoms with Crippen molar-refractivity contribution < 1.29 is 8.42 Å². The Kier molecular flexibility index (Phi) is 5.27. The maximum atomic E-state index is 12.0. The number of rotatable bonds is 5. The van der Waals surface area contributed by atoms with Gasteiger partial charge in [-0.2, -0.15) is 13.5 Å². The Morgan fingerprint density at radius 1 is 1.10 bits per heavy atom. The number of hydrogen-bond donors (Lipinski definition) is 1. The lowest BCUT2D eigenvalue weighted by Gasteiger charge is -2.03. The molecule has 2 rings (SSSR count). The van der Waals surface area contributed by atoms with Crippen LogP contribution in [0, 0.1) is 0 Å². The van der Waals surface area contributed by atoms with Crippen LogP contribution in [0.3, 0.4) is 0 Å². The van der Waals surface area contributed by atoms with Crippen LogP contribution in [0.15, 0.2) is 63.4 Å². The second-order valence-electron chi connectivity index (χ2n) is 4.08. The molecule has 0 aliphatic rings. The summed E-state index contributed by atoms with van der Waals surface area (Å²) >= 11 is 7.36. The number of hydrogen-bond acceptors (Lipinski definition) is 4. The van der Waals surface area contributed by atoms with Gasteiger partial charge in [-0.05, 0) is 48.2 Å². The molecule has 0 atom stereocenters. The molecule has 0 saturated heterocycles. The lowest BCUT2D eigenvalue weighted by atomic mass is 10.2. The number of sulfonamides is 1. The van der Waals surface area contributed by atoms with E-state index < -0.39 is 10.0 Å². The molecule has 0 radical (unpaired) electrons. The number of benzene rings is 2. The highest BCUT2D eigenvalue weighted by atomic mass is 35.5. The number of halogens is 1. The third-order valence-electron chi connectivity index (χ3n) is 2.63. The predicted molar refractivity (Wildman–Crippen MR) is 87.6 cm³/mol. The molecule has 4 nitrogen and oxygen atoms in total. The van der Waals surface area contributed by atoms with Gasteiger partial charge in [-0.15, -0.1) is 11.8 Å². The van der Waals surface area contributed by atoms with Crippen molar-refractivity contribution in [2.75, 3.05) is 6.26 Å². The van der Waals surface area contributed by atoms with Crippen LogP contribution in [0.1, 0.15) is 5.56 Å². The van der Waals surface area contributed by atoms with Crippen LogP contribution in [0.25, 0.3) is 0 Å². The van der Waals surface area contributed by atoms with Crippen LogP contribution in [0.5, 0.6) is 0 Å². The number of thioether (sulfide) groups is 1. The molecule has 0 bridgehead atoms. The summed E-state index contributed by atoms with van der Waals surface area (Å²) in [5.41, 5.74) is 0.812. The smallest absolute Gasteiger partial charge is 0.200 e. The Labute approximate surface area is 133 Å². The summed E-state index contributed by atoms with van der Waals surface area (Å²) in [6, 6.07) is 13.5. The minimum Gasteiger partial charge on any atom is -0.200 e. The molecule has 0 saturated carbocycles. The molecular weight excluding hydrogens is 328 g/mol. The molecule has 0 fully saturated rings. The van der Waals surface area contributed by atoms with E-state index in [1.807, 2.05) is 30.5 Å². The molecule has 0 heterocycles. The van der Waals surface area contributed by atoms with E-state index in [1.165, 1.54) is 30.5 Å². The minimum atomic E-state index is -3.67. The average molecular weight is 341 g/mol. The van der Waals surface area contributed by atoms with Crippen LogP contribution in [-0.2, 0) is 10.0 Å². The first-order valence-electron chi connectivity index (χ1n) is 5.96. The summed E-state index contributed by atoms with van der Waals surface area (Å²) in [6.07, 6.45) is 3.45. The van der Waals surface area contributed by atoms with Crippen molar-refractivity contribution in [1.29, 1.82) is 0 Å². The Morgan fingerprint density at radius 2 is 1.71 bits per heavy atom. The number of nitrogens with zero attached hydrogens (tertiary/aromatic N) is 1. The van der Waals surface area contributed by atoms with E-state index in [4.69, 9.17) is 11.6 Å². The summed E-state index contributed by atoms with van der Waals surface area (Å²) in [4.78, 5) is 3.41. The monoisotopic (exact) mass is 340 g/mol. The van der Waals surface area contributed by atoms with E-state index in [0.29, 0.717) is 5.02 Å². The second kappa shape index (κ2) is 6.98. The van der Waals surface area contributed by atoms with E-state index in [0.717, 1.165) is 10.5 Å². The van der Waals surface area contributed by atoms with Crippen LogP contribution in [0.4, 0.5) is 0 Å². The highest BCUT2D eigenvalue weighted by molar-refractivity contribution is 7.98. The van der Waals surface area contributed by atoms with Crippen molar-refractivity contribution in [3.63, 3.8) is 0 Å². The van der Waals surface area contributed by atoms with E-state index >= 15 is 0 Å². The van der Waals surface area contributed by atoms with Gasteiger partial charge in [0.1, 0.15) is 0 Å². The molecule has 0 unspecified atom stereocenters. The first-order chi connectivity index (χ1) is 10.0. The maximum absolute atomic E-state index is 12.0. The van der Waals surface area contributed by atoms with Crippen molar-refractivity contribution in [2.24, 2.45) is 5.10 Å². The highest BCUT2D eigenvalue weighted by Crippen LogP contribution is 2.15. The van der Waals surface area contributed by atoms with Gasteiger partial charge in [0, 0.05) is 9.92 Å². The van der Waals surface area contributed by atoms with Crippen molar-refractivity contribution >= 4 is 39.6 Å². The summed E-state index contributed by atoms with van der Waals surface area (Å²) in [5, 5.41) is 4.24. The Hall–Kier alpha value is -1.50. The van der Waals surface area contributed by atoms with Crippen LogP contribution < -0.4 is 4.83 Å². The molecule has 0 aliphatic carbocycles. The minimum absolute atomic E-state index is 0.113. The molecule has 7 heteroatoms. The van der Waals surface area contributed by atoms with Crippen LogP contribution in [-0.4, -0.2) is 20.9 Å². The SMILES string of the molecule is CSc1ccc(/C=N\NS(=O)(=O)c2ccc(Cl)cc2)cc1. The zero-order valence-corrected chi connectivity index (χ0v) is 13.5. The molecule has 2 aromatic rings. The summed E-state index contributed by atoms with van der Waals surface area (Å²) < 4.78 is 23.9. The standard InChI is InChI=1S/C14H13ClN2O2S2/c1-20-13-6-2-11(3-7-13)10-16-17-21(18,19)14-8-4-12(15)5-9-14/h2-10,17H,1H3/b16-10-. The summed E-state index contributed by atoms with van der Waals surface area (Å²) in [5.74, 6) is 0. The highest BCUT2D eigenvalue weighted by Gasteiger charge is 2.11. The zero-order chi connectivity index (χ0) is 15.3. The second-order valence-corrected chi connectivity index (χ2v) is 7.06. The first kappa shape index (κ1) is 15.9. The Morgan fingerprint density at radius 3 is 2.29 bits per heavy atom. The molecule has 21 heavy (non-hydrogen) atoms. The summed E-state index contributed by atoms with van der Waals surface area (Å²) in [6.45, 7) is 0. The topological polar surface area (TPSA) is 58.5 Å². The molecule has 1 N–H and O–H groups in total. The van der Waals surface area contributed by atoms with E-state index in [2.05, 4.69) is 9.93 Å². The van der Waals surface area contributed by atoms with Gasteiger partial charge in [-0.3, -0.25) is 0 Å². The molecule has 0 amide bonds. The fourth-order valence-corrected chi connectivity index (χ4v) is 2.85. The zero-order valence-electron chi connectivity index (χ0n) is 11.2. The quantitative estimate of drug-likeness (QED) is 0.515. The molecular formula is C14H13ClN2O2S2. The van der Waals surface area contributed by atoms with Crippen LogP contribution >= 0.6 is 23.4 Å².